The summed E-state index contributed by atoms with van der Waals surface area (Å²) in [5.41, 5.74) is 2.10. The maximum Gasteiger partial charge on any atom is 0.334 e. The predicted molar refractivity (Wildman–Crippen MR) is 102 cm³/mol. The quantitative estimate of drug-likeness (QED) is 0.482. The van der Waals surface area contributed by atoms with Gasteiger partial charge in [-0.1, -0.05) is 30.3 Å². The summed E-state index contributed by atoms with van der Waals surface area (Å²) in [7, 11) is 0. The number of aliphatic hydroxyl groups excluding tert-OH is 1. The Hall–Kier alpha value is -3.08. The van der Waals surface area contributed by atoms with Crippen LogP contribution in [0.5, 0.6) is 0 Å². The number of rotatable bonds is 4. The second-order valence-electron chi connectivity index (χ2n) is 6.31. The van der Waals surface area contributed by atoms with Crippen molar-refractivity contribution in [1.82, 2.24) is 0 Å². The van der Waals surface area contributed by atoms with Gasteiger partial charge in [-0.15, -0.1) is 0 Å². The molecule has 0 atom stereocenters. The number of esters is 1. The summed E-state index contributed by atoms with van der Waals surface area (Å²) in [5.74, 6) is -0.839. The molecule has 1 N–H and O–H groups in total. The average Bonchev–Trinajstić information content (AvgIpc) is 3.20. The van der Waals surface area contributed by atoms with E-state index in [9.17, 15) is 14.7 Å². The minimum atomic E-state index is -0.455. The van der Waals surface area contributed by atoms with Gasteiger partial charge in [0, 0.05) is 17.6 Å². The molecule has 0 radical (unpaired) electrons. The average molecular weight is 366 g/mol. The molecule has 140 valence electrons. The third-order valence-electron chi connectivity index (χ3n) is 4.53. The van der Waals surface area contributed by atoms with Gasteiger partial charge in [-0.05, 0) is 37.8 Å². The summed E-state index contributed by atoms with van der Waals surface area (Å²) in [6, 6.07) is 10.8. The molecule has 2 aromatic rings. The van der Waals surface area contributed by atoms with Crippen molar-refractivity contribution in [3.05, 3.63) is 71.2 Å². The number of furan rings is 1. The normalized spacial score (nSPS) is 20.0. The highest BCUT2D eigenvalue weighted by Crippen LogP contribution is 2.37. The molecule has 5 nitrogen and oxygen atoms in total. The maximum absolute atomic E-state index is 13.0. The molecule has 5 heteroatoms. The van der Waals surface area contributed by atoms with E-state index in [-0.39, 0.29) is 23.7 Å². The Morgan fingerprint density at radius 2 is 1.89 bits per heavy atom. The molecule has 1 aromatic heterocycles. The lowest BCUT2D eigenvalue weighted by Gasteiger charge is -2.21. The van der Waals surface area contributed by atoms with E-state index in [0.717, 1.165) is 0 Å². The topological polar surface area (TPSA) is 76.7 Å². The second-order valence-corrected chi connectivity index (χ2v) is 6.31. The third-order valence-corrected chi connectivity index (χ3v) is 4.53. The van der Waals surface area contributed by atoms with Crippen LogP contribution in [-0.2, 0) is 14.3 Å². The first-order valence-corrected chi connectivity index (χ1v) is 9.08. The Morgan fingerprint density at radius 1 is 1.15 bits per heavy atom. The van der Waals surface area contributed by atoms with E-state index < -0.39 is 5.97 Å². The molecule has 0 spiro atoms. The Morgan fingerprint density at radius 3 is 2.56 bits per heavy atom. The van der Waals surface area contributed by atoms with Gasteiger partial charge in [0.2, 0.25) is 0 Å². The highest BCUT2D eigenvalue weighted by molar-refractivity contribution is 6.19. The molecule has 0 fully saturated rings. The molecule has 1 aliphatic carbocycles. The van der Waals surface area contributed by atoms with E-state index in [2.05, 4.69) is 0 Å². The first-order valence-electron chi connectivity index (χ1n) is 9.08. The Balaban J connectivity index is 2.32. The van der Waals surface area contributed by atoms with Crippen molar-refractivity contribution < 1.29 is 23.8 Å². The first kappa shape index (κ1) is 18.7. The molecule has 0 bridgehead atoms. The number of Topliss-reactive ketones (excluding diaryl/α,β-unsaturated/α-hetero) is 1. The molecule has 1 aliphatic rings. The molecule has 0 amide bonds. The standard InChI is InChI=1S/C22H22O5/c1-2-27-22(25)17-10-6-7-11-18(23)20(21(24)16-12-13-26-14-16)19(17)15-8-4-3-5-9-15/h3-5,8-9,12-14,24H,2,6-7,10-11H2,1H3/b19-17+,21-20-. The molecule has 0 unspecified atom stereocenters. The summed E-state index contributed by atoms with van der Waals surface area (Å²) >= 11 is 0. The largest absolute Gasteiger partial charge is 0.506 e. The lowest BCUT2D eigenvalue weighted by atomic mass is 9.83. The number of ether oxygens (including phenoxy) is 1. The molecule has 0 saturated heterocycles. The molecule has 3 rings (SSSR count). The van der Waals surface area contributed by atoms with Crippen LogP contribution in [0.1, 0.15) is 43.7 Å². The SMILES string of the molecule is CCOC(=O)/C1=C(c2ccccc2)/C(=C(\O)c2ccoc2)C(=O)CCCC1. The van der Waals surface area contributed by atoms with Crippen LogP contribution in [0.3, 0.4) is 0 Å². The number of hydrogen-bond donors (Lipinski definition) is 1. The molecule has 27 heavy (non-hydrogen) atoms. The Labute approximate surface area is 158 Å². The fourth-order valence-electron chi connectivity index (χ4n) is 3.27. The van der Waals surface area contributed by atoms with Crippen molar-refractivity contribution in [2.24, 2.45) is 0 Å². The summed E-state index contributed by atoms with van der Waals surface area (Å²) < 4.78 is 10.3. The van der Waals surface area contributed by atoms with Gasteiger partial charge in [0.1, 0.15) is 12.0 Å². The molecule has 1 heterocycles. The summed E-state index contributed by atoms with van der Waals surface area (Å²) in [5, 5.41) is 10.9. The summed E-state index contributed by atoms with van der Waals surface area (Å²) in [6.07, 6.45) is 4.95. The van der Waals surface area contributed by atoms with Crippen LogP contribution in [0, 0.1) is 0 Å². The molecule has 0 aliphatic heterocycles. The van der Waals surface area contributed by atoms with E-state index in [1.165, 1.54) is 12.5 Å². The van der Waals surface area contributed by atoms with Crippen LogP contribution in [0.15, 0.2) is 64.5 Å². The fraction of sp³-hybridized carbons (Fsp3) is 0.273. The number of hydrogen-bond acceptors (Lipinski definition) is 5. The van der Waals surface area contributed by atoms with Crippen LogP contribution in [0.25, 0.3) is 11.3 Å². The third kappa shape index (κ3) is 4.03. The zero-order valence-corrected chi connectivity index (χ0v) is 15.2. The van der Waals surface area contributed by atoms with Crippen molar-refractivity contribution >= 4 is 23.1 Å². The van der Waals surface area contributed by atoms with Crippen LogP contribution in [0.4, 0.5) is 0 Å². The molecule has 0 saturated carbocycles. The maximum atomic E-state index is 13.0. The Kier molecular flexibility index (Phi) is 5.91. The number of benzene rings is 1. The van der Waals surface area contributed by atoms with Gasteiger partial charge in [0.25, 0.3) is 0 Å². The van der Waals surface area contributed by atoms with E-state index in [1.54, 1.807) is 13.0 Å². The van der Waals surface area contributed by atoms with Gasteiger partial charge in [0.15, 0.2) is 5.78 Å². The van der Waals surface area contributed by atoms with Gasteiger partial charge >= 0.3 is 5.97 Å². The van der Waals surface area contributed by atoms with E-state index in [1.807, 2.05) is 30.3 Å². The second kappa shape index (κ2) is 8.54. The molecular formula is C22H22O5. The van der Waals surface area contributed by atoms with Gasteiger partial charge in [-0.3, -0.25) is 4.79 Å². The number of ketones is 1. The fourth-order valence-corrected chi connectivity index (χ4v) is 3.27. The van der Waals surface area contributed by atoms with Crippen LogP contribution < -0.4 is 0 Å². The van der Waals surface area contributed by atoms with E-state index >= 15 is 0 Å². The zero-order chi connectivity index (χ0) is 19.2. The number of allylic oxidation sites excluding steroid dienone is 2. The highest BCUT2D eigenvalue weighted by atomic mass is 16.5. The summed E-state index contributed by atoms with van der Waals surface area (Å²) in [4.78, 5) is 25.7. The number of aliphatic hydroxyl groups is 1. The van der Waals surface area contributed by atoms with Gasteiger partial charge in [-0.25, -0.2) is 4.79 Å². The first-order chi connectivity index (χ1) is 13.1. The van der Waals surface area contributed by atoms with E-state index in [0.29, 0.717) is 48.0 Å². The van der Waals surface area contributed by atoms with Crippen molar-refractivity contribution in [2.75, 3.05) is 6.61 Å². The molecular weight excluding hydrogens is 344 g/mol. The minimum absolute atomic E-state index is 0.144. The van der Waals surface area contributed by atoms with Crippen molar-refractivity contribution in [1.29, 1.82) is 0 Å². The van der Waals surface area contributed by atoms with Crippen molar-refractivity contribution in [2.45, 2.75) is 32.6 Å². The van der Waals surface area contributed by atoms with E-state index in [4.69, 9.17) is 9.15 Å². The van der Waals surface area contributed by atoms with Gasteiger partial charge in [0.05, 0.1) is 24.0 Å². The predicted octanol–water partition coefficient (Wildman–Crippen LogP) is 4.71. The van der Waals surface area contributed by atoms with Crippen LogP contribution in [0.2, 0.25) is 0 Å². The smallest absolute Gasteiger partial charge is 0.334 e. The summed E-state index contributed by atoms with van der Waals surface area (Å²) in [6.45, 7) is 1.99. The minimum Gasteiger partial charge on any atom is -0.506 e. The number of carbonyl (C=O) groups excluding carboxylic acids is 2. The molecule has 1 aromatic carbocycles. The van der Waals surface area contributed by atoms with Crippen molar-refractivity contribution in [3.8, 4) is 0 Å². The van der Waals surface area contributed by atoms with Crippen molar-refractivity contribution in [3.63, 3.8) is 0 Å². The monoisotopic (exact) mass is 366 g/mol. The van der Waals surface area contributed by atoms with Gasteiger partial charge < -0.3 is 14.3 Å². The Bertz CT molecular complexity index is 873. The van der Waals surface area contributed by atoms with Gasteiger partial charge in [-0.2, -0.15) is 0 Å². The van der Waals surface area contributed by atoms with Crippen LogP contribution >= 0.6 is 0 Å². The zero-order valence-electron chi connectivity index (χ0n) is 15.2. The lowest BCUT2D eigenvalue weighted by Crippen LogP contribution is -2.17. The van der Waals surface area contributed by atoms with Crippen LogP contribution in [-0.4, -0.2) is 23.5 Å². The number of carbonyl (C=O) groups is 2. The highest BCUT2D eigenvalue weighted by Gasteiger charge is 2.29. The lowest BCUT2D eigenvalue weighted by molar-refractivity contribution is -0.138.